The van der Waals surface area contributed by atoms with Crippen molar-refractivity contribution in [1.82, 2.24) is 16.0 Å². The predicted molar refractivity (Wildman–Crippen MR) is 79.0 cm³/mol. The second-order valence-corrected chi connectivity index (χ2v) is 6.39. The smallest absolute Gasteiger partial charge is 0.327 e. The first kappa shape index (κ1) is 19.2. The average Bonchev–Trinajstić information content (AvgIpc) is 2.23. The first-order chi connectivity index (χ1) is 9.51. The van der Waals surface area contributed by atoms with E-state index in [0.29, 0.717) is 0 Å². The normalized spacial score (nSPS) is 12.2. The minimum Gasteiger partial charge on any atom is -0.480 e. The summed E-state index contributed by atoms with van der Waals surface area (Å²) in [4.78, 5) is 44.6. The lowest BCUT2D eigenvalue weighted by Gasteiger charge is -2.20. The van der Waals surface area contributed by atoms with Gasteiger partial charge in [-0.3, -0.25) is 14.9 Å². The number of amides is 4. The van der Waals surface area contributed by atoms with Gasteiger partial charge >= 0.3 is 12.0 Å². The SMILES string of the molecule is CC(=O)N[C@@H](CSCC(=O)NC(=O)NC(C)(C)C)C(=O)O. The van der Waals surface area contributed by atoms with Gasteiger partial charge in [-0.25, -0.2) is 9.59 Å². The number of thioether (sulfide) groups is 1. The van der Waals surface area contributed by atoms with Crippen molar-refractivity contribution in [2.75, 3.05) is 11.5 Å². The Kier molecular flexibility index (Phi) is 7.79. The summed E-state index contributed by atoms with van der Waals surface area (Å²) in [6, 6.07) is -1.67. The molecule has 9 heteroatoms. The van der Waals surface area contributed by atoms with Crippen molar-refractivity contribution in [1.29, 1.82) is 0 Å². The van der Waals surface area contributed by atoms with Crippen LogP contribution in [0.15, 0.2) is 0 Å². The lowest BCUT2D eigenvalue weighted by atomic mass is 10.1. The summed E-state index contributed by atoms with van der Waals surface area (Å²) in [5.41, 5.74) is -0.461. The molecule has 0 aromatic carbocycles. The summed E-state index contributed by atoms with van der Waals surface area (Å²) in [6.07, 6.45) is 0. The summed E-state index contributed by atoms with van der Waals surface area (Å²) in [5.74, 6) is -2.22. The fraction of sp³-hybridized carbons (Fsp3) is 0.667. The Morgan fingerprint density at radius 3 is 2.19 bits per heavy atom. The molecule has 4 N–H and O–H groups in total. The third-order valence-corrected chi connectivity index (χ3v) is 2.97. The van der Waals surface area contributed by atoms with E-state index < -0.39 is 35.4 Å². The highest BCUT2D eigenvalue weighted by molar-refractivity contribution is 8.00. The Balaban J connectivity index is 4.10. The molecule has 0 aromatic rings. The van der Waals surface area contributed by atoms with Crippen molar-refractivity contribution < 1.29 is 24.3 Å². The second kappa shape index (κ2) is 8.50. The zero-order valence-electron chi connectivity index (χ0n) is 12.5. The molecule has 0 rings (SSSR count). The minimum absolute atomic E-state index is 0.0310. The van der Waals surface area contributed by atoms with Crippen molar-refractivity contribution in [2.24, 2.45) is 0 Å². The number of hydrogen-bond acceptors (Lipinski definition) is 5. The number of carboxylic acids is 1. The average molecular weight is 319 g/mol. The fourth-order valence-corrected chi connectivity index (χ4v) is 2.06. The number of carbonyl (C=O) groups excluding carboxylic acids is 3. The number of hydrogen-bond donors (Lipinski definition) is 4. The third-order valence-electron chi connectivity index (χ3n) is 1.93. The van der Waals surface area contributed by atoms with Gasteiger partial charge in [0.25, 0.3) is 0 Å². The lowest BCUT2D eigenvalue weighted by molar-refractivity contribution is -0.140. The van der Waals surface area contributed by atoms with Gasteiger partial charge in [-0.15, -0.1) is 11.8 Å². The molecular formula is C12H21N3O5S. The van der Waals surface area contributed by atoms with Crippen LogP contribution in [-0.2, 0) is 14.4 Å². The van der Waals surface area contributed by atoms with Crippen LogP contribution in [0.2, 0.25) is 0 Å². The van der Waals surface area contributed by atoms with Gasteiger partial charge in [0.1, 0.15) is 6.04 Å². The van der Waals surface area contributed by atoms with Crippen molar-refractivity contribution in [3.8, 4) is 0 Å². The third kappa shape index (κ3) is 10.7. The molecule has 0 aliphatic rings. The highest BCUT2D eigenvalue weighted by atomic mass is 32.2. The van der Waals surface area contributed by atoms with Crippen molar-refractivity contribution >= 4 is 35.6 Å². The van der Waals surface area contributed by atoms with Crippen molar-refractivity contribution in [3.05, 3.63) is 0 Å². The van der Waals surface area contributed by atoms with E-state index in [1.54, 1.807) is 20.8 Å². The maximum atomic E-state index is 11.5. The molecular weight excluding hydrogens is 298 g/mol. The maximum absolute atomic E-state index is 11.5. The summed E-state index contributed by atoms with van der Waals surface area (Å²) < 4.78 is 0. The quantitative estimate of drug-likeness (QED) is 0.543. The molecule has 8 nitrogen and oxygen atoms in total. The predicted octanol–water partition coefficient (Wildman–Crippen LogP) is -0.0668. The Labute approximate surface area is 127 Å². The molecule has 0 aliphatic carbocycles. The van der Waals surface area contributed by atoms with E-state index in [4.69, 9.17) is 5.11 Å². The Bertz CT molecular complexity index is 420. The topological polar surface area (TPSA) is 125 Å². The molecule has 0 aliphatic heterocycles. The van der Waals surface area contributed by atoms with E-state index in [1.165, 1.54) is 6.92 Å². The Morgan fingerprint density at radius 2 is 1.76 bits per heavy atom. The first-order valence-corrected chi connectivity index (χ1v) is 7.36. The number of rotatable bonds is 6. The number of carboxylic acid groups (broad SMARTS) is 1. The molecule has 120 valence electrons. The van der Waals surface area contributed by atoms with Gasteiger partial charge in [0.15, 0.2) is 0 Å². The van der Waals surface area contributed by atoms with Crippen molar-refractivity contribution in [3.63, 3.8) is 0 Å². The fourth-order valence-electron chi connectivity index (χ4n) is 1.22. The summed E-state index contributed by atoms with van der Waals surface area (Å²) in [6.45, 7) is 6.54. The standard InChI is InChI=1S/C12H21N3O5S/c1-7(16)13-8(10(18)19)5-21-6-9(17)14-11(20)15-12(2,3)4/h8H,5-6H2,1-4H3,(H,13,16)(H,18,19)(H2,14,15,17,20)/t8-/m0/s1. The monoisotopic (exact) mass is 319 g/mol. The molecule has 0 aromatic heterocycles. The molecule has 4 amide bonds. The molecule has 0 saturated heterocycles. The largest absolute Gasteiger partial charge is 0.480 e. The van der Waals surface area contributed by atoms with Gasteiger partial charge in [-0.2, -0.15) is 0 Å². The van der Waals surface area contributed by atoms with Crippen LogP contribution >= 0.6 is 11.8 Å². The van der Waals surface area contributed by atoms with E-state index in [-0.39, 0.29) is 11.5 Å². The maximum Gasteiger partial charge on any atom is 0.327 e. The number of aliphatic carboxylic acids is 1. The Morgan fingerprint density at radius 1 is 1.19 bits per heavy atom. The summed E-state index contributed by atoms with van der Waals surface area (Å²) >= 11 is 1.01. The van der Waals surface area contributed by atoms with E-state index in [1.807, 2.05) is 0 Å². The molecule has 1 atom stereocenters. The minimum atomic E-state index is -1.18. The zero-order chi connectivity index (χ0) is 16.6. The van der Waals surface area contributed by atoms with E-state index in [0.717, 1.165) is 11.8 Å². The van der Waals surface area contributed by atoms with Crippen LogP contribution in [0.1, 0.15) is 27.7 Å². The van der Waals surface area contributed by atoms with Crippen LogP contribution in [0.4, 0.5) is 4.79 Å². The first-order valence-electron chi connectivity index (χ1n) is 6.21. The van der Waals surface area contributed by atoms with E-state index in [9.17, 15) is 19.2 Å². The van der Waals surface area contributed by atoms with Crippen LogP contribution in [-0.4, -0.2) is 52.0 Å². The molecule has 0 saturated carbocycles. The Hall–Kier alpha value is -1.77. The van der Waals surface area contributed by atoms with Gasteiger partial charge in [-0.1, -0.05) is 0 Å². The molecule has 0 unspecified atom stereocenters. The highest BCUT2D eigenvalue weighted by Crippen LogP contribution is 2.03. The van der Waals surface area contributed by atoms with Crippen LogP contribution in [0.3, 0.4) is 0 Å². The molecule has 0 spiro atoms. The van der Waals surface area contributed by atoms with Gasteiger partial charge in [0, 0.05) is 18.2 Å². The van der Waals surface area contributed by atoms with Gasteiger partial charge in [-0.05, 0) is 20.8 Å². The number of nitrogens with one attached hydrogen (secondary N) is 3. The molecule has 0 fully saturated rings. The van der Waals surface area contributed by atoms with Crippen LogP contribution in [0, 0.1) is 0 Å². The van der Waals surface area contributed by atoms with Crippen molar-refractivity contribution in [2.45, 2.75) is 39.3 Å². The second-order valence-electron chi connectivity index (χ2n) is 5.36. The van der Waals surface area contributed by atoms with Crippen LogP contribution < -0.4 is 16.0 Å². The number of urea groups is 1. The van der Waals surface area contributed by atoms with E-state index >= 15 is 0 Å². The van der Waals surface area contributed by atoms with E-state index in [2.05, 4.69) is 16.0 Å². The number of carbonyl (C=O) groups is 4. The van der Waals surface area contributed by atoms with Gasteiger partial charge < -0.3 is 15.7 Å². The number of imide groups is 1. The molecule has 21 heavy (non-hydrogen) atoms. The van der Waals surface area contributed by atoms with Gasteiger partial charge in [0.05, 0.1) is 5.75 Å². The zero-order valence-corrected chi connectivity index (χ0v) is 13.3. The molecule has 0 radical (unpaired) electrons. The lowest BCUT2D eigenvalue weighted by Crippen LogP contribution is -2.48. The molecule has 0 heterocycles. The molecule has 0 bridgehead atoms. The van der Waals surface area contributed by atoms with Crippen LogP contribution in [0.5, 0.6) is 0 Å². The highest BCUT2D eigenvalue weighted by Gasteiger charge is 2.19. The van der Waals surface area contributed by atoms with Crippen LogP contribution in [0.25, 0.3) is 0 Å². The summed E-state index contributed by atoms with van der Waals surface area (Å²) in [5, 5.41) is 15.8. The van der Waals surface area contributed by atoms with Gasteiger partial charge in [0.2, 0.25) is 11.8 Å². The summed E-state index contributed by atoms with van der Waals surface area (Å²) in [7, 11) is 0.